The lowest BCUT2D eigenvalue weighted by atomic mass is 11.2. The number of nitrogens with zero attached hydrogens (tertiary/aromatic N) is 2. The van der Waals surface area contributed by atoms with Gasteiger partial charge in [-0.2, -0.15) is 0 Å². The molecule has 1 unspecified atom stereocenters. The third kappa shape index (κ3) is 5.88. The molecule has 1 atom stereocenters. The molecule has 0 fully saturated rings. The highest BCUT2D eigenvalue weighted by atomic mass is 32.1. The maximum absolute atomic E-state index is 4.95. The van der Waals surface area contributed by atoms with E-state index in [1.54, 1.807) is 0 Å². The molecule has 0 aromatic rings. The summed E-state index contributed by atoms with van der Waals surface area (Å²) in [5, 5.41) is 3.37. The third-order valence-electron chi connectivity index (χ3n) is 0.281. The van der Waals surface area contributed by atoms with Crippen LogP contribution in [0.5, 0.6) is 0 Å². The van der Waals surface area contributed by atoms with E-state index < -0.39 is 0 Å². The van der Waals surface area contributed by atoms with Crippen LogP contribution in [0.15, 0.2) is 10.00 Å². The van der Waals surface area contributed by atoms with Crippen molar-refractivity contribution in [2.45, 2.75) is 0 Å². The maximum atomic E-state index is 4.95. The summed E-state index contributed by atoms with van der Waals surface area (Å²) >= 11 is 4.38. The molecule has 2 N–H and O–H groups in total. The van der Waals surface area contributed by atoms with Crippen LogP contribution in [-0.2, 0) is 4.52 Å². The molecule has 4 nitrogen and oxygen atoms in total. The van der Waals surface area contributed by atoms with Gasteiger partial charge >= 0.3 is 0 Å². The molecule has 0 aromatic heterocycles. The predicted octanol–water partition coefficient (Wildman–Crippen LogP) is 0.837. The van der Waals surface area contributed by atoms with Gasteiger partial charge in [-0.25, -0.2) is 0 Å². The molecule has 0 aliphatic rings. The zero-order chi connectivity index (χ0) is 6.41. The molecule has 0 heterocycles. The Balaban J connectivity index is 3.20. The van der Waals surface area contributed by atoms with Crippen molar-refractivity contribution in [3.8, 4) is 0 Å². The summed E-state index contributed by atoms with van der Waals surface area (Å²) < 4.78 is 4.54. The average molecular weight is 151 g/mol. The highest BCUT2D eigenvalue weighted by molar-refractivity contribution is 7.80. The highest BCUT2D eigenvalue weighted by Gasteiger charge is 1.76. The van der Waals surface area contributed by atoms with E-state index >= 15 is 0 Å². The number of hydrogen-bond acceptors (Lipinski definition) is 3. The quantitative estimate of drug-likeness (QED) is 0.361. The van der Waals surface area contributed by atoms with Crippen LogP contribution in [0.1, 0.15) is 0 Å². The fraction of sp³-hybridized carbons (Fsp3) is 0.500. The Morgan fingerprint density at radius 3 is 2.88 bits per heavy atom. The first kappa shape index (κ1) is 7.88. The summed E-state index contributed by atoms with van der Waals surface area (Å²) in [5.74, 6) is 0. The van der Waals surface area contributed by atoms with Gasteiger partial charge in [0.1, 0.15) is 0 Å². The van der Waals surface area contributed by atoms with Crippen molar-refractivity contribution >= 4 is 26.3 Å². The Kier molecular flexibility index (Phi) is 4.95. The molecule has 0 saturated heterocycles. The van der Waals surface area contributed by atoms with E-state index in [9.17, 15) is 0 Å². The molecule has 0 amide bonds. The zero-order valence-corrected chi connectivity index (χ0v) is 6.10. The van der Waals surface area contributed by atoms with Gasteiger partial charge in [-0.15, -0.1) is 10.00 Å². The van der Waals surface area contributed by atoms with Gasteiger partial charge < -0.3 is 10.3 Å². The van der Waals surface area contributed by atoms with Gasteiger partial charge in [0.05, 0.1) is 0 Å². The van der Waals surface area contributed by atoms with E-state index in [1.165, 1.54) is 7.11 Å². The third-order valence-corrected chi connectivity index (χ3v) is 0.727. The Hall–Kier alpha value is -0.120. The Morgan fingerprint density at radius 2 is 2.50 bits per heavy atom. The summed E-state index contributed by atoms with van der Waals surface area (Å²) in [5.41, 5.74) is 4.95. The van der Waals surface area contributed by atoms with Gasteiger partial charge in [-0.3, -0.25) is 0 Å². The fourth-order valence-corrected chi connectivity index (χ4v) is 0.454. The summed E-state index contributed by atoms with van der Waals surface area (Å²) in [4.78, 5) is 3.45. The average Bonchev–Trinajstić information content (AvgIpc) is 1.66. The summed E-state index contributed by atoms with van der Waals surface area (Å²) in [6, 6.07) is 0. The molecular formula is C2H6N3OPS. The molecule has 0 aliphatic heterocycles. The second-order valence-corrected chi connectivity index (χ2v) is 2.04. The van der Waals surface area contributed by atoms with E-state index in [-0.39, 0.29) is 14.1 Å². The van der Waals surface area contributed by atoms with Crippen LogP contribution in [0.3, 0.4) is 0 Å². The number of thiocarbonyl (C=S) groups is 1. The van der Waals surface area contributed by atoms with Crippen molar-refractivity contribution in [3.05, 3.63) is 0 Å². The van der Waals surface area contributed by atoms with Gasteiger partial charge in [0.25, 0.3) is 0 Å². The molecule has 0 rings (SSSR count). The highest BCUT2D eigenvalue weighted by Crippen LogP contribution is 2.10. The molecule has 0 aromatic carbocycles. The molecule has 6 heteroatoms. The zero-order valence-electron chi connectivity index (χ0n) is 4.29. The van der Waals surface area contributed by atoms with Crippen molar-refractivity contribution in [1.82, 2.24) is 0 Å². The topological polar surface area (TPSA) is 60.0 Å². The fourth-order valence-electron chi connectivity index (χ4n) is 0.111. The van der Waals surface area contributed by atoms with Gasteiger partial charge in [0.2, 0.25) is 5.11 Å². The first-order valence-corrected chi connectivity index (χ1v) is 3.02. The second-order valence-electron chi connectivity index (χ2n) is 0.834. The first-order chi connectivity index (χ1) is 3.77. The van der Waals surface area contributed by atoms with Crippen molar-refractivity contribution < 1.29 is 4.52 Å². The molecule has 0 radical (unpaired) electrons. The number of hydrogen-bond donors (Lipinski definition) is 1. The van der Waals surface area contributed by atoms with Crippen LogP contribution in [0.2, 0.25) is 0 Å². The van der Waals surface area contributed by atoms with Crippen LogP contribution < -0.4 is 5.73 Å². The first-order valence-electron chi connectivity index (χ1n) is 1.75. The molecule has 0 saturated carbocycles. The smallest absolute Gasteiger partial charge is 0.211 e. The molecule has 0 aliphatic carbocycles. The van der Waals surface area contributed by atoms with Crippen molar-refractivity contribution in [2.24, 2.45) is 15.7 Å². The van der Waals surface area contributed by atoms with Crippen molar-refractivity contribution in [1.29, 1.82) is 0 Å². The normalized spacial score (nSPS) is 11.6. The van der Waals surface area contributed by atoms with Crippen molar-refractivity contribution in [2.75, 3.05) is 7.11 Å². The lowest BCUT2D eigenvalue weighted by Gasteiger charge is -1.83. The van der Waals surface area contributed by atoms with Crippen LogP contribution in [0.25, 0.3) is 0 Å². The van der Waals surface area contributed by atoms with E-state index in [0.717, 1.165) is 0 Å². The standard InChI is InChI=1S/C2H6N3OPS/c1-6-7-5-4-2(3)8/h7H,1H3,(H2,3,8). The van der Waals surface area contributed by atoms with Crippen LogP contribution in [-0.4, -0.2) is 12.2 Å². The Bertz CT molecular complexity index is 105. The number of rotatable bonds is 2. The van der Waals surface area contributed by atoms with Gasteiger partial charge in [0, 0.05) is 7.11 Å². The van der Waals surface area contributed by atoms with E-state index in [4.69, 9.17) is 5.73 Å². The van der Waals surface area contributed by atoms with Crippen molar-refractivity contribution in [3.63, 3.8) is 0 Å². The van der Waals surface area contributed by atoms with Gasteiger partial charge in [-0.1, -0.05) is 0 Å². The predicted molar refractivity (Wildman–Crippen MR) is 37.0 cm³/mol. The summed E-state index contributed by atoms with van der Waals surface area (Å²) in [6.07, 6.45) is 0. The monoisotopic (exact) mass is 151 g/mol. The summed E-state index contributed by atoms with van der Waals surface area (Å²) in [6.45, 7) is 0. The van der Waals surface area contributed by atoms with Crippen LogP contribution in [0, 0.1) is 0 Å². The minimum absolute atomic E-state index is 0.00150. The van der Waals surface area contributed by atoms with Crippen LogP contribution >= 0.6 is 21.2 Å². The lowest BCUT2D eigenvalue weighted by molar-refractivity contribution is 0.475. The molecule has 8 heavy (non-hydrogen) atoms. The van der Waals surface area contributed by atoms with Gasteiger partial charge in [0.15, 0.2) is 8.96 Å². The lowest BCUT2D eigenvalue weighted by Crippen LogP contribution is -2.01. The minimum Gasteiger partial charge on any atom is -0.373 e. The Labute approximate surface area is 54.4 Å². The Morgan fingerprint density at radius 1 is 1.88 bits per heavy atom. The molecule has 0 spiro atoms. The maximum Gasteiger partial charge on any atom is 0.211 e. The van der Waals surface area contributed by atoms with E-state index in [2.05, 4.69) is 26.7 Å². The second kappa shape index (κ2) is 5.03. The molecule has 0 bridgehead atoms. The summed E-state index contributed by atoms with van der Waals surface area (Å²) in [7, 11) is 1.52. The SMILES string of the molecule is COPN=NC(N)=S. The largest absolute Gasteiger partial charge is 0.373 e. The van der Waals surface area contributed by atoms with Crippen LogP contribution in [0.4, 0.5) is 0 Å². The molecular weight excluding hydrogens is 145 g/mol. The minimum atomic E-state index is -0.00150. The van der Waals surface area contributed by atoms with E-state index in [1.807, 2.05) is 0 Å². The number of nitrogens with two attached hydrogens (primary N) is 1. The van der Waals surface area contributed by atoms with Gasteiger partial charge in [-0.05, 0) is 12.2 Å². The van der Waals surface area contributed by atoms with E-state index in [0.29, 0.717) is 0 Å². The molecule has 46 valence electrons.